The maximum absolute atomic E-state index is 10.3. The normalized spacial score (nSPS) is 15.9. The molecule has 0 unspecified atom stereocenters. The van der Waals surface area contributed by atoms with E-state index in [1.54, 1.807) is 11.3 Å². The van der Waals surface area contributed by atoms with Gasteiger partial charge in [0.1, 0.15) is 5.01 Å². The maximum Gasteiger partial charge on any atom is 0.123 e. The molecule has 2 aromatic rings. The SMILES string of the molecule is CC(C)(O)c1sc(-c2ccccc2)nc1C1CC1. The van der Waals surface area contributed by atoms with Gasteiger partial charge in [0.25, 0.3) is 0 Å². The van der Waals surface area contributed by atoms with E-state index in [0.717, 1.165) is 21.1 Å². The summed E-state index contributed by atoms with van der Waals surface area (Å²) in [4.78, 5) is 5.80. The van der Waals surface area contributed by atoms with Crippen molar-refractivity contribution < 1.29 is 5.11 Å². The van der Waals surface area contributed by atoms with Crippen molar-refractivity contribution in [1.29, 1.82) is 0 Å². The van der Waals surface area contributed by atoms with E-state index in [0.29, 0.717) is 5.92 Å². The lowest BCUT2D eigenvalue weighted by Gasteiger charge is -2.16. The Labute approximate surface area is 111 Å². The number of aromatic nitrogens is 1. The summed E-state index contributed by atoms with van der Waals surface area (Å²) in [6.07, 6.45) is 2.42. The number of thiazole rings is 1. The van der Waals surface area contributed by atoms with Gasteiger partial charge in [0.15, 0.2) is 0 Å². The van der Waals surface area contributed by atoms with Crippen molar-refractivity contribution in [3.8, 4) is 10.6 Å². The average Bonchev–Trinajstić information content (AvgIpc) is 3.07. The molecule has 0 aliphatic heterocycles. The van der Waals surface area contributed by atoms with Crippen LogP contribution in [0.15, 0.2) is 30.3 Å². The van der Waals surface area contributed by atoms with Gasteiger partial charge in [-0.15, -0.1) is 11.3 Å². The highest BCUT2D eigenvalue weighted by Gasteiger charge is 2.34. The second kappa shape index (κ2) is 4.18. The summed E-state index contributed by atoms with van der Waals surface area (Å²) in [5.41, 5.74) is 1.47. The third-order valence-corrected chi connectivity index (χ3v) is 4.63. The van der Waals surface area contributed by atoms with Gasteiger partial charge in [-0.25, -0.2) is 4.98 Å². The van der Waals surface area contributed by atoms with Crippen molar-refractivity contribution in [3.05, 3.63) is 40.9 Å². The van der Waals surface area contributed by atoms with Gasteiger partial charge < -0.3 is 5.11 Å². The van der Waals surface area contributed by atoms with E-state index >= 15 is 0 Å². The molecule has 0 atom stereocenters. The van der Waals surface area contributed by atoms with E-state index in [1.165, 1.54) is 12.8 Å². The molecule has 3 rings (SSSR count). The van der Waals surface area contributed by atoms with Crippen LogP contribution in [-0.2, 0) is 5.60 Å². The minimum Gasteiger partial charge on any atom is -0.385 e. The van der Waals surface area contributed by atoms with Gasteiger partial charge in [0.05, 0.1) is 16.2 Å². The molecule has 0 saturated heterocycles. The van der Waals surface area contributed by atoms with E-state index in [-0.39, 0.29) is 0 Å². The topological polar surface area (TPSA) is 33.1 Å². The number of rotatable bonds is 3. The summed E-state index contributed by atoms with van der Waals surface area (Å²) in [6.45, 7) is 3.70. The van der Waals surface area contributed by atoms with Crippen LogP contribution in [0.1, 0.15) is 43.2 Å². The fourth-order valence-electron chi connectivity index (χ4n) is 2.11. The highest BCUT2D eigenvalue weighted by Crippen LogP contribution is 2.47. The minimum atomic E-state index is -0.789. The van der Waals surface area contributed by atoms with Gasteiger partial charge in [-0.3, -0.25) is 0 Å². The standard InChI is InChI=1S/C15H17NOS/c1-15(2,17)13-12(10-8-9-10)16-14(18-13)11-6-4-3-5-7-11/h3-7,10,17H,8-9H2,1-2H3. The Hall–Kier alpha value is -1.19. The third-order valence-electron chi connectivity index (χ3n) is 3.19. The van der Waals surface area contributed by atoms with Gasteiger partial charge in [0, 0.05) is 11.5 Å². The van der Waals surface area contributed by atoms with Crippen molar-refractivity contribution in [2.75, 3.05) is 0 Å². The zero-order valence-corrected chi connectivity index (χ0v) is 11.5. The lowest BCUT2D eigenvalue weighted by Crippen LogP contribution is -2.15. The van der Waals surface area contributed by atoms with Crippen LogP contribution in [0, 0.1) is 0 Å². The van der Waals surface area contributed by atoms with Crippen molar-refractivity contribution in [2.24, 2.45) is 0 Å². The molecule has 3 heteroatoms. The fourth-order valence-corrected chi connectivity index (χ4v) is 3.27. The quantitative estimate of drug-likeness (QED) is 0.906. The predicted octanol–water partition coefficient (Wildman–Crippen LogP) is 3.91. The summed E-state index contributed by atoms with van der Waals surface area (Å²) in [6, 6.07) is 10.2. The molecule has 0 spiro atoms. The first kappa shape index (κ1) is 11.9. The van der Waals surface area contributed by atoms with Gasteiger partial charge in [-0.05, 0) is 26.7 Å². The number of hydrogen-bond acceptors (Lipinski definition) is 3. The van der Waals surface area contributed by atoms with Crippen LogP contribution in [0.2, 0.25) is 0 Å². The van der Waals surface area contributed by atoms with Crippen LogP contribution in [0.25, 0.3) is 10.6 Å². The number of benzene rings is 1. The first-order valence-corrected chi connectivity index (χ1v) is 7.16. The van der Waals surface area contributed by atoms with Crippen molar-refractivity contribution >= 4 is 11.3 Å². The molecule has 1 saturated carbocycles. The molecule has 2 nitrogen and oxygen atoms in total. The average molecular weight is 259 g/mol. The van der Waals surface area contributed by atoms with Crippen molar-refractivity contribution in [3.63, 3.8) is 0 Å². The van der Waals surface area contributed by atoms with Crippen LogP contribution in [-0.4, -0.2) is 10.1 Å². The molecular formula is C15H17NOS. The molecule has 1 aliphatic carbocycles. The van der Waals surface area contributed by atoms with Crippen molar-refractivity contribution in [2.45, 2.75) is 38.2 Å². The Kier molecular flexibility index (Phi) is 2.76. The fraction of sp³-hybridized carbons (Fsp3) is 0.400. The smallest absolute Gasteiger partial charge is 0.123 e. The van der Waals surface area contributed by atoms with Crippen LogP contribution in [0.4, 0.5) is 0 Å². The molecule has 18 heavy (non-hydrogen) atoms. The van der Waals surface area contributed by atoms with Gasteiger partial charge >= 0.3 is 0 Å². The van der Waals surface area contributed by atoms with Gasteiger partial charge in [0.2, 0.25) is 0 Å². The van der Waals surface area contributed by atoms with Crippen LogP contribution in [0.3, 0.4) is 0 Å². The van der Waals surface area contributed by atoms with E-state index in [9.17, 15) is 5.11 Å². The number of aliphatic hydroxyl groups is 1. The number of nitrogens with zero attached hydrogens (tertiary/aromatic N) is 1. The molecule has 1 heterocycles. The van der Waals surface area contributed by atoms with E-state index in [1.807, 2.05) is 32.0 Å². The monoisotopic (exact) mass is 259 g/mol. The minimum absolute atomic E-state index is 0.570. The van der Waals surface area contributed by atoms with Gasteiger partial charge in [-0.1, -0.05) is 30.3 Å². The van der Waals surface area contributed by atoms with Crippen LogP contribution < -0.4 is 0 Å². The zero-order chi connectivity index (χ0) is 12.8. The highest BCUT2D eigenvalue weighted by molar-refractivity contribution is 7.15. The molecule has 1 aliphatic rings. The highest BCUT2D eigenvalue weighted by atomic mass is 32.1. The lowest BCUT2D eigenvalue weighted by molar-refractivity contribution is 0.0813. The summed E-state index contributed by atoms with van der Waals surface area (Å²) < 4.78 is 0. The molecule has 0 radical (unpaired) electrons. The van der Waals surface area contributed by atoms with E-state index in [4.69, 9.17) is 4.98 Å². The second-order valence-electron chi connectivity index (χ2n) is 5.43. The molecule has 1 N–H and O–H groups in total. The molecule has 1 aromatic carbocycles. The summed E-state index contributed by atoms with van der Waals surface area (Å²) in [7, 11) is 0. The molecule has 1 aromatic heterocycles. The summed E-state index contributed by atoms with van der Waals surface area (Å²) in [5.74, 6) is 0.570. The van der Waals surface area contributed by atoms with E-state index < -0.39 is 5.60 Å². The van der Waals surface area contributed by atoms with E-state index in [2.05, 4.69) is 12.1 Å². The molecule has 0 bridgehead atoms. The third kappa shape index (κ3) is 2.20. The Balaban J connectivity index is 2.08. The Morgan fingerprint density at radius 3 is 2.44 bits per heavy atom. The lowest BCUT2D eigenvalue weighted by atomic mass is 10.0. The number of hydrogen-bond donors (Lipinski definition) is 1. The maximum atomic E-state index is 10.3. The van der Waals surface area contributed by atoms with Crippen LogP contribution in [0.5, 0.6) is 0 Å². The Morgan fingerprint density at radius 2 is 1.89 bits per heavy atom. The first-order chi connectivity index (χ1) is 8.55. The Bertz CT molecular complexity index is 550. The predicted molar refractivity (Wildman–Crippen MR) is 74.8 cm³/mol. The second-order valence-corrected chi connectivity index (χ2v) is 6.43. The summed E-state index contributed by atoms with van der Waals surface area (Å²) >= 11 is 1.63. The van der Waals surface area contributed by atoms with Gasteiger partial charge in [-0.2, -0.15) is 0 Å². The summed E-state index contributed by atoms with van der Waals surface area (Å²) in [5, 5.41) is 11.3. The first-order valence-electron chi connectivity index (χ1n) is 6.34. The Morgan fingerprint density at radius 1 is 1.22 bits per heavy atom. The largest absolute Gasteiger partial charge is 0.385 e. The molecular weight excluding hydrogens is 242 g/mol. The van der Waals surface area contributed by atoms with Crippen LogP contribution >= 0.6 is 11.3 Å². The zero-order valence-electron chi connectivity index (χ0n) is 10.7. The molecule has 0 amide bonds. The molecule has 1 fully saturated rings. The van der Waals surface area contributed by atoms with Crippen molar-refractivity contribution in [1.82, 2.24) is 4.98 Å². The molecule has 94 valence electrons.